The van der Waals surface area contributed by atoms with Crippen molar-refractivity contribution in [2.24, 2.45) is 5.92 Å². The maximum atomic E-state index is 12.0. The van der Waals surface area contributed by atoms with Crippen molar-refractivity contribution in [3.05, 3.63) is 17.5 Å². The Kier molecular flexibility index (Phi) is 5.73. The van der Waals surface area contributed by atoms with Crippen molar-refractivity contribution in [3.63, 3.8) is 0 Å². The SMILES string of the molecule is CCC(CC)c1cc(C(=O)N[C@H](C(=O)O)C(C)C)on1. The van der Waals surface area contributed by atoms with E-state index in [1.165, 1.54) is 0 Å². The first-order chi connectivity index (χ1) is 9.40. The number of carbonyl (C=O) groups is 2. The first kappa shape index (κ1) is 16.2. The lowest BCUT2D eigenvalue weighted by Gasteiger charge is -2.16. The first-order valence-corrected chi connectivity index (χ1v) is 6.90. The summed E-state index contributed by atoms with van der Waals surface area (Å²) in [6.07, 6.45) is 1.82. The van der Waals surface area contributed by atoms with Crippen molar-refractivity contribution in [1.29, 1.82) is 0 Å². The Balaban J connectivity index is 2.80. The number of carbonyl (C=O) groups excluding carboxylic acids is 1. The van der Waals surface area contributed by atoms with Crippen molar-refractivity contribution in [3.8, 4) is 0 Å². The summed E-state index contributed by atoms with van der Waals surface area (Å²) in [6.45, 7) is 7.55. The molecule has 0 spiro atoms. The molecule has 0 unspecified atom stereocenters. The molecule has 1 atom stereocenters. The van der Waals surface area contributed by atoms with Crippen LogP contribution < -0.4 is 5.32 Å². The number of hydrogen-bond acceptors (Lipinski definition) is 4. The highest BCUT2D eigenvalue weighted by Gasteiger charge is 2.26. The van der Waals surface area contributed by atoms with Crippen LogP contribution in [0.15, 0.2) is 10.6 Å². The summed E-state index contributed by atoms with van der Waals surface area (Å²) in [5.41, 5.74) is 0.733. The van der Waals surface area contributed by atoms with Crippen molar-refractivity contribution in [1.82, 2.24) is 10.5 Å². The van der Waals surface area contributed by atoms with Gasteiger partial charge >= 0.3 is 5.97 Å². The molecule has 112 valence electrons. The molecule has 0 aliphatic rings. The average Bonchev–Trinajstić information content (AvgIpc) is 2.86. The minimum Gasteiger partial charge on any atom is -0.480 e. The third kappa shape index (κ3) is 3.82. The third-order valence-electron chi connectivity index (χ3n) is 3.38. The van der Waals surface area contributed by atoms with Crippen LogP contribution in [0.5, 0.6) is 0 Å². The highest BCUT2D eigenvalue weighted by atomic mass is 16.5. The largest absolute Gasteiger partial charge is 0.480 e. The standard InChI is InChI=1S/C14H22N2O4/c1-5-9(6-2)10-7-11(20-16-10)13(17)15-12(8(3)4)14(18)19/h7-9,12H,5-6H2,1-4H3,(H,15,17)(H,18,19)/t12-/m0/s1. The van der Waals surface area contributed by atoms with Crippen LogP contribution in [0, 0.1) is 5.92 Å². The van der Waals surface area contributed by atoms with E-state index in [1.807, 2.05) is 13.8 Å². The molecule has 0 saturated carbocycles. The molecule has 0 bridgehead atoms. The van der Waals surface area contributed by atoms with E-state index >= 15 is 0 Å². The second-order valence-corrected chi connectivity index (χ2v) is 5.16. The van der Waals surface area contributed by atoms with Gasteiger partial charge in [0.1, 0.15) is 6.04 Å². The van der Waals surface area contributed by atoms with Crippen LogP contribution >= 0.6 is 0 Å². The van der Waals surface area contributed by atoms with E-state index < -0.39 is 17.9 Å². The molecule has 20 heavy (non-hydrogen) atoms. The maximum Gasteiger partial charge on any atom is 0.326 e. The Morgan fingerprint density at radius 3 is 2.40 bits per heavy atom. The van der Waals surface area contributed by atoms with E-state index in [-0.39, 0.29) is 17.6 Å². The van der Waals surface area contributed by atoms with E-state index in [4.69, 9.17) is 9.63 Å². The number of carboxylic acids is 1. The normalized spacial score (nSPS) is 12.7. The fourth-order valence-electron chi connectivity index (χ4n) is 2.02. The summed E-state index contributed by atoms with van der Waals surface area (Å²) in [4.78, 5) is 23.0. The summed E-state index contributed by atoms with van der Waals surface area (Å²) in [7, 11) is 0. The second-order valence-electron chi connectivity index (χ2n) is 5.16. The van der Waals surface area contributed by atoms with Gasteiger partial charge in [0.2, 0.25) is 5.76 Å². The molecular weight excluding hydrogens is 260 g/mol. The van der Waals surface area contributed by atoms with E-state index in [0.717, 1.165) is 18.5 Å². The van der Waals surface area contributed by atoms with Gasteiger partial charge in [-0.1, -0.05) is 32.9 Å². The van der Waals surface area contributed by atoms with Gasteiger partial charge in [-0.2, -0.15) is 0 Å². The maximum absolute atomic E-state index is 12.0. The molecule has 0 aliphatic heterocycles. The van der Waals surface area contributed by atoms with Gasteiger partial charge in [0.25, 0.3) is 5.91 Å². The molecule has 1 rings (SSSR count). The zero-order chi connectivity index (χ0) is 15.3. The summed E-state index contributed by atoms with van der Waals surface area (Å²) in [6, 6.07) is 0.649. The van der Waals surface area contributed by atoms with Crippen molar-refractivity contribution in [2.75, 3.05) is 0 Å². The predicted octanol–water partition coefficient (Wildman–Crippen LogP) is 2.42. The molecule has 1 aromatic rings. The molecule has 1 heterocycles. The van der Waals surface area contributed by atoms with Gasteiger partial charge in [-0.15, -0.1) is 0 Å². The minimum absolute atomic E-state index is 0.0544. The Bertz CT molecular complexity index is 463. The molecule has 0 radical (unpaired) electrons. The van der Waals surface area contributed by atoms with Gasteiger partial charge in [0.05, 0.1) is 5.69 Å². The van der Waals surface area contributed by atoms with E-state index in [9.17, 15) is 9.59 Å². The molecular formula is C14H22N2O4. The highest BCUT2D eigenvalue weighted by molar-refractivity contribution is 5.94. The third-order valence-corrected chi connectivity index (χ3v) is 3.38. The van der Waals surface area contributed by atoms with E-state index in [2.05, 4.69) is 10.5 Å². The van der Waals surface area contributed by atoms with E-state index in [0.29, 0.717) is 0 Å². The zero-order valence-electron chi connectivity index (χ0n) is 12.3. The monoisotopic (exact) mass is 282 g/mol. The van der Waals surface area contributed by atoms with Gasteiger partial charge in [-0.25, -0.2) is 4.79 Å². The van der Waals surface area contributed by atoms with Gasteiger partial charge in [-0.05, 0) is 18.8 Å². The topological polar surface area (TPSA) is 92.4 Å². The number of nitrogens with one attached hydrogen (secondary N) is 1. The average molecular weight is 282 g/mol. The van der Waals surface area contributed by atoms with Gasteiger partial charge in [0.15, 0.2) is 0 Å². The number of nitrogens with zero attached hydrogens (tertiary/aromatic N) is 1. The van der Waals surface area contributed by atoms with Gasteiger partial charge < -0.3 is 14.9 Å². The fraction of sp³-hybridized carbons (Fsp3) is 0.643. The lowest BCUT2D eigenvalue weighted by atomic mass is 9.99. The number of aromatic nitrogens is 1. The van der Waals surface area contributed by atoms with Crippen LogP contribution in [0.1, 0.15) is 62.7 Å². The summed E-state index contributed by atoms with van der Waals surface area (Å²) >= 11 is 0. The van der Waals surface area contributed by atoms with Crippen LogP contribution in [0.2, 0.25) is 0 Å². The molecule has 0 saturated heterocycles. The van der Waals surface area contributed by atoms with Crippen LogP contribution in [-0.4, -0.2) is 28.2 Å². The van der Waals surface area contributed by atoms with Crippen LogP contribution in [0.4, 0.5) is 0 Å². The first-order valence-electron chi connectivity index (χ1n) is 6.90. The molecule has 2 N–H and O–H groups in total. The molecule has 0 aromatic carbocycles. The Labute approximate surface area is 118 Å². The van der Waals surface area contributed by atoms with Gasteiger partial charge in [0, 0.05) is 12.0 Å². The summed E-state index contributed by atoms with van der Waals surface area (Å²) in [5.74, 6) is -1.51. The quantitative estimate of drug-likeness (QED) is 0.801. The van der Waals surface area contributed by atoms with Gasteiger partial charge in [-0.3, -0.25) is 4.79 Å². The summed E-state index contributed by atoms with van der Waals surface area (Å²) in [5, 5.41) is 15.4. The van der Waals surface area contributed by atoms with Crippen molar-refractivity contribution in [2.45, 2.75) is 52.5 Å². The van der Waals surface area contributed by atoms with Crippen LogP contribution in [-0.2, 0) is 4.79 Å². The lowest BCUT2D eigenvalue weighted by molar-refractivity contribution is -0.140. The molecule has 0 fully saturated rings. The number of amides is 1. The predicted molar refractivity (Wildman–Crippen MR) is 73.6 cm³/mol. The second kappa shape index (κ2) is 7.07. The number of carboxylic acid groups (broad SMARTS) is 1. The Morgan fingerprint density at radius 2 is 1.95 bits per heavy atom. The Morgan fingerprint density at radius 1 is 1.35 bits per heavy atom. The number of rotatable bonds is 7. The summed E-state index contributed by atoms with van der Waals surface area (Å²) < 4.78 is 5.02. The number of hydrogen-bond donors (Lipinski definition) is 2. The molecule has 6 heteroatoms. The molecule has 0 aliphatic carbocycles. The van der Waals surface area contributed by atoms with Crippen molar-refractivity contribution < 1.29 is 19.2 Å². The van der Waals surface area contributed by atoms with E-state index in [1.54, 1.807) is 19.9 Å². The van der Waals surface area contributed by atoms with Crippen LogP contribution in [0.3, 0.4) is 0 Å². The fourth-order valence-corrected chi connectivity index (χ4v) is 2.02. The Hall–Kier alpha value is -1.85. The van der Waals surface area contributed by atoms with Crippen molar-refractivity contribution >= 4 is 11.9 Å². The number of aliphatic carboxylic acids is 1. The van der Waals surface area contributed by atoms with Crippen LogP contribution in [0.25, 0.3) is 0 Å². The smallest absolute Gasteiger partial charge is 0.326 e. The molecule has 1 amide bonds. The minimum atomic E-state index is -1.06. The zero-order valence-corrected chi connectivity index (χ0v) is 12.3. The lowest BCUT2D eigenvalue weighted by Crippen LogP contribution is -2.44. The molecule has 6 nitrogen and oxygen atoms in total. The highest BCUT2D eigenvalue weighted by Crippen LogP contribution is 2.22. The molecule has 1 aromatic heterocycles.